The van der Waals surface area contributed by atoms with Gasteiger partial charge in [-0.25, -0.2) is 0 Å². The Hall–Kier alpha value is -3.87. The number of rotatable bonds is 5. The molecular weight excluding hydrogens is 431 g/mol. The van der Waals surface area contributed by atoms with Crippen molar-refractivity contribution < 1.29 is 22.4 Å². The second-order valence-corrected chi connectivity index (χ2v) is 7.82. The minimum Gasteiger partial charge on any atom is -0.464 e. The molecular formula is C26H20F3NO3. The zero-order valence-electron chi connectivity index (χ0n) is 17.7. The summed E-state index contributed by atoms with van der Waals surface area (Å²) in [7, 11) is 0. The van der Waals surface area contributed by atoms with Crippen LogP contribution in [0.2, 0.25) is 0 Å². The Kier molecular flexibility index (Phi) is 6.05. The number of hydrogen-bond acceptors (Lipinski definition) is 3. The zero-order valence-corrected chi connectivity index (χ0v) is 17.7. The fourth-order valence-corrected chi connectivity index (χ4v) is 3.61. The maximum absolute atomic E-state index is 13.3. The summed E-state index contributed by atoms with van der Waals surface area (Å²) in [5, 5.41) is 0.388. The highest BCUT2D eigenvalue weighted by Gasteiger charge is 2.31. The molecule has 0 saturated heterocycles. The number of fused-ring (bicyclic) bond motifs is 1. The largest absolute Gasteiger partial charge is 0.464 e. The van der Waals surface area contributed by atoms with Gasteiger partial charge in [0.05, 0.1) is 29.3 Å². The minimum atomic E-state index is -4.57. The lowest BCUT2D eigenvalue weighted by atomic mass is 10.1. The lowest BCUT2D eigenvalue weighted by Gasteiger charge is -2.23. The predicted molar refractivity (Wildman–Crippen MR) is 119 cm³/mol. The third-order valence-electron chi connectivity index (χ3n) is 5.30. The maximum atomic E-state index is 13.3. The first kappa shape index (κ1) is 22.3. The third-order valence-corrected chi connectivity index (χ3v) is 5.30. The Morgan fingerprint density at radius 1 is 0.939 bits per heavy atom. The Bertz CT molecular complexity index is 1360. The van der Waals surface area contributed by atoms with E-state index in [0.29, 0.717) is 11.0 Å². The van der Waals surface area contributed by atoms with Gasteiger partial charge in [-0.3, -0.25) is 9.59 Å². The summed E-state index contributed by atoms with van der Waals surface area (Å²) < 4.78 is 45.1. The molecule has 4 nitrogen and oxygen atoms in total. The van der Waals surface area contributed by atoms with Crippen molar-refractivity contribution in [2.24, 2.45) is 0 Å². The average molecular weight is 451 g/mol. The molecule has 0 fully saturated rings. The normalized spacial score (nSPS) is 11.5. The van der Waals surface area contributed by atoms with Crippen molar-refractivity contribution in [1.29, 1.82) is 0 Å². The van der Waals surface area contributed by atoms with E-state index >= 15 is 0 Å². The van der Waals surface area contributed by atoms with Gasteiger partial charge in [0.15, 0.2) is 5.43 Å². The van der Waals surface area contributed by atoms with E-state index in [2.05, 4.69) is 0 Å². The number of carbonyl (C=O) groups is 1. The van der Waals surface area contributed by atoms with Crippen molar-refractivity contribution in [2.75, 3.05) is 0 Å². The molecule has 1 amide bonds. The van der Waals surface area contributed by atoms with E-state index in [-0.39, 0.29) is 29.6 Å². The lowest BCUT2D eigenvalue weighted by molar-refractivity contribution is -0.137. The van der Waals surface area contributed by atoms with Crippen LogP contribution in [0.15, 0.2) is 88.3 Å². The van der Waals surface area contributed by atoms with Crippen molar-refractivity contribution in [1.82, 2.24) is 4.90 Å². The molecule has 0 bridgehead atoms. The van der Waals surface area contributed by atoms with Gasteiger partial charge < -0.3 is 9.32 Å². The van der Waals surface area contributed by atoms with Gasteiger partial charge in [-0.2, -0.15) is 13.2 Å². The highest BCUT2D eigenvalue weighted by atomic mass is 19.4. The van der Waals surface area contributed by atoms with E-state index in [1.54, 1.807) is 36.4 Å². The highest BCUT2D eigenvalue weighted by molar-refractivity contribution is 5.94. The quantitative estimate of drug-likeness (QED) is 0.376. The van der Waals surface area contributed by atoms with Gasteiger partial charge in [0.1, 0.15) is 5.58 Å². The van der Waals surface area contributed by atoms with Crippen LogP contribution < -0.4 is 5.43 Å². The van der Waals surface area contributed by atoms with Gasteiger partial charge in [-0.1, -0.05) is 48.0 Å². The molecule has 0 aliphatic heterocycles. The number of carbonyl (C=O) groups excluding carboxylic acids is 1. The maximum Gasteiger partial charge on any atom is 0.416 e. The Labute approximate surface area is 187 Å². The summed E-state index contributed by atoms with van der Waals surface area (Å²) in [6.07, 6.45) is -3.27. The molecule has 0 saturated carbocycles. The summed E-state index contributed by atoms with van der Waals surface area (Å²) in [4.78, 5) is 27.7. The Morgan fingerprint density at radius 3 is 2.42 bits per heavy atom. The summed E-state index contributed by atoms with van der Waals surface area (Å²) >= 11 is 0. The molecule has 1 heterocycles. The van der Waals surface area contributed by atoms with Crippen molar-refractivity contribution in [2.45, 2.75) is 26.2 Å². The summed E-state index contributed by atoms with van der Waals surface area (Å²) in [6, 6.07) is 18.5. The van der Waals surface area contributed by atoms with E-state index in [1.807, 2.05) is 19.1 Å². The van der Waals surface area contributed by atoms with Gasteiger partial charge in [-0.05, 0) is 42.8 Å². The molecule has 7 heteroatoms. The van der Waals surface area contributed by atoms with Crippen LogP contribution in [0.25, 0.3) is 11.0 Å². The van der Waals surface area contributed by atoms with Crippen molar-refractivity contribution >= 4 is 16.9 Å². The van der Waals surface area contributed by atoms with Crippen LogP contribution in [-0.4, -0.2) is 10.8 Å². The second kappa shape index (κ2) is 8.94. The fourth-order valence-electron chi connectivity index (χ4n) is 3.61. The first-order chi connectivity index (χ1) is 15.7. The molecule has 33 heavy (non-hydrogen) atoms. The molecule has 1 aromatic heterocycles. The number of amides is 1. The van der Waals surface area contributed by atoms with Crippen LogP contribution in [0.1, 0.15) is 32.6 Å². The number of benzene rings is 3. The second-order valence-electron chi connectivity index (χ2n) is 7.82. The van der Waals surface area contributed by atoms with Crippen molar-refractivity contribution in [3.63, 3.8) is 0 Å². The van der Waals surface area contributed by atoms with Gasteiger partial charge >= 0.3 is 6.18 Å². The van der Waals surface area contributed by atoms with Gasteiger partial charge in [0, 0.05) is 12.1 Å². The Morgan fingerprint density at radius 2 is 1.70 bits per heavy atom. The third kappa shape index (κ3) is 4.98. The van der Waals surface area contributed by atoms with Crippen LogP contribution in [0, 0.1) is 6.92 Å². The monoisotopic (exact) mass is 451 g/mol. The van der Waals surface area contributed by atoms with Gasteiger partial charge in [-0.15, -0.1) is 0 Å². The topological polar surface area (TPSA) is 50.5 Å². The molecule has 0 aliphatic rings. The van der Waals surface area contributed by atoms with E-state index < -0.39 is 17.6 Å². The molecule has 3 aromatic carbocycles. The number of halogens is 3. The number of alkyl halides is 3. The van der Waals surface area contributed by atoms with E-state index in [4.69, 9.17) is 4.42 Å². The Balaban J connectivity index is 1.73. The van der Waals surface area contributed by atoms with Crippen LogP contribution in [0.5, 0.6) is 0 Å². The SMILES string of the molecule is Cc1ccc2occ(CN(Cc3ccccc3)C(=O)c3cccc(C(F)(F)F)c3)c(=O)c2c1. The molecule has 0 spiro atoms. The number of hydrogen-bond donors (Lipinski definition) is 0. The summed E-state index contributed by atoms with van der Waals surface area (Å²) in [5.74, 6) is -0.617. The van der Waals surface area contributed by atoms with E-state index in [9.17, 15) is 22.8 Å². The molecule has 4 aromatic rings. The fraction of sp³-hybridized carbons (Fsp3) is 0.154. The molecule has 0 N–H and O–H groups in total. The van der Waals surface area contributed by atoms with Crippen LogP contribution in [0.4, 0.5) is 13.2 Å². The average Bonchev–Trinajstić information content (AvgIpc) is 2.80. The smallest absolute Gasteiger partial charge is 0.416 e. The van der Waals surface area contributed by atoms with Gasteiger partial charge in [0.2, 0.25) is 0 Å². The molecule has 0 radical (unpaired) electrons. The van der Waals surface area contributed by atoms with E-state index in [1.165, 1.54) is 23.3 Å². The molecule has 0 atom stereocenters. The molecule has 168 valence electrons. The highest BCUT2D eigenvalue weighted by Crippen LogP contribution is 2.30. The van der Waals surface area contributed by atoms with Crippen LogP contribution in [-0.2, 0) is 19.3 Å². The number of aryl methyl sites for hydroxylation is 1. The first-order valence-corrected chi connectivity index (χ1v) is 10.2. The van der Waals surface area contributed by atoms with Crippen LogP contribution in [0.3, 0.4) is 0 Å². The number of nitrogens with zero attached hydrogens (tertiary/aromatic N) is 1. The lowest BCUT2D eigenvalue weighted by Crippen LogP contribution is -2.32. The molecule has 0 aliphatic carbocycles. The van der Waals surface area contributed by atoms with Crippen molar-refractivity contribution in [3.8, 4) is 0 Å². The predicted octanol–water partition coefficient (Wildman–Crippen LogP) is 5.96. The van der Waals surface area contributed by atoms with Crippen molar-refractivity contribution in [3.05, 3.63) is 117 Å². The zero-order chi connectivity index (χ0) is 23.6. The standard InChI is InChI=1S/C26H20F3NO3/c1-17-10-11-23-22(12-17)24(31)20(16-33-23)15-30(14-18-6-3-2-4-7-18)25(32)19-8-5-9-21(13-19)26(27,28)29/h2-13,16H,14-15H2,1H3. The molecule has 4 rings (SSSR count). The van der Waals surface area contributed by atoms with Crippen LogP contribution >= 0.6 is 0 Å². The minimum absolute atomic E-state index is 0.109. The summed E-state index contributed by atoms with van der Waals surface area (Å²) in [6.45, 7) is 1.85. The van der Waals surface area contributed by atoms with E-state index in [0.717, 1.165) is 23.3 Å². The first-order valence-electron chi connectivity index (χ1n) is 10.2. The molecule has 0 unspecified atom stereocenters. The van der Waals surface area contributed by atoms with Gasteiger partial charge in [0.25, 0.3) is 5.91 Å². The summed E-state index contributed by atoms with van der Waals surface area (Å²) in [5.41, 5.74) is 1.02.